The van der Waals surface area contributed by atoms with Gasteiger partial charge in [0.1, 0.15) is 5.88 Å². The Morgan fingerprint density at radius 2 is 2.50 bits per heavy atom. The Kier molecular flexibility index (Phi) is 3.35. The lowest BCUT2D eigenvalue weighted by molar-refractivity contribution is -0.131. The first kappa shape index (κ1) is 9.81. The molecule has 0 aromatic rings. The van der Waals surface area contributed by atoms with E-state index in [2.05, 4.69) is 0 Å². The van der Waals surface area contributed by atoms with Crippen molar-refractivity contribution in [1.29, 1.82) is 0 Å². The third-order valence-corrected chi connectivity index (χ3v) is 2.52. The number of hydrogen-bond donors (Lipinski definition) is 1. The van der Waals surface area contributed by atoms with Gasteiger partial charge >= 0.3 is 0 Å². The highest BCUT2D eigenvalue weighted by atomic mass is 35.5. The molecular formula is C8H14ClNO2. The van der Waals surface area contributed by atoms with Crippen molar-refractivity contribution in [3.8, 4) is 0 Å². The first-order valence-electron chi connectivity index (χ1n) is 4.20. The normalized spacial score (nSPS) is 25.9. The van der Waals surface area contributed by atoms with Crippen molar-refractivity contribution < 1.29 is 9.90 Å². The van der Waals surface area contributed by atoms with Gasteiger partial charge in [-0.25, -0.2) is 0 Å². The Morgan fingerprint density at radius 1 is 1.83 bits per heavy atom. The maximum Gasteiger partial charge on any atom is 0.237 e. The first-order valence-corrected chi connectivity index (χ1v) is 4.73. The van der Waals surface area contributed by atoms with E-state index in [4.69, 9.17) is 11.6 Å². The third-order valence-electron chi connectivity index (χ3n) is 2.29. The Bertz CT molecular complexity index is 172. The molecule has 1 amide bonds. The van der Waals surface area contributed by atoms with Gasteiger partial charge in [0.15, 0.2) is 0 Å². The van der Waals surface area contributed by atoms with Crippen LogP contribution < -0.4 is 0 Å². The highest BCUT2D eigenvalue weighted by molar-refractivity contribution is 6.27. The molecule has 0 saturated carbocycles. The van der Waals surface area contributed by atoms with Crippen molar-refractivity contribution in [3.05, 3.63) is 0 Å². The van der Waals surface area contributed by atoms with E-state index in [9.17, 15) is 9.90 Å². The van der Waals surface area contributed by atoms with Gasteiger partial charge in [-0.15, -0.1) is 11.6 Å². The van der Waals surface area contributed by atoms with E-state index in [-0.39, 0.29) is 17.8 Å². The summed E-state index contributed by atoms with van der Waals surface area (Å²) < 4.78 is 0. The summed E-state index contributed by atoms with van der Waals surface area (Å²) in [6.45, 7) is 2.45. The standard InChI is InChI=1S/C8H14ClNO2/c1-6(11)7-3-2-4-10(7)8(12)5-9/h6-7,11H,2-5H2,1H3/t6-,7+/m1/s1. The van der Waals surface area contributed by atoms with Gasteiger partial charge in [0.2, 0.25) is 5.91 Å². The number of alkyl halides is 1. The van der Waals surface area contributed by atoms with Crippen molar-refractivity contribution in [3.63, 3.8) is 0 Å². The topological polar surface area (TPSA) is 40.5 Å². The minimum Gasteiger partial charge on any atom is -0.391 e. The molecule has 1 aliphatic rings. The number of aliphatic hydroxyl groups excluding tert-OH is 1. The quantitative estimate of drug-likeness (QED) is 0.650. The molecule has 0 spiro atoms. The number of amides is 1. The average molecular weight is 192 g/mol. The summed E-state index contributed by atoms with van der Waals surface area (Å²) in [6.07, 6.45) is 1.41. The number of halogens is 1. The lowest BCUT2D eigenvalue weighted by Gasteiger charge is -2.25. The Balaban J connectivity index is 2.57. The molecule has 1 rings (SSSR count). The van der Waals surface area contributed by atoms with Gasteiger partial charge in [-0.05, 0) is 19.8 Å². The summed E-state index contributed by atoms with van der Waals surface area (Å²) in [5, 5.41) is 9.33. The number of hydrogen-bond acceptors (Lipinski definition) is 2. The van der Waals surface area contributed by atoms with Crippen LogP contribution in [0.5, 0.6) is 0 Å². The SMILES string of the molecule is C[C@@H](O)[C@@H]1CCCN1C(=O)CCl. The van der Waals surface area contributed by atoms with Crippen LogP contribution in [0, 0.1) is 0 Å². The fourth-order valence-corrected chi connectivity index (χ4v) is 1.83. The van der Waals surface area contributed by atoms with Gasteiger partial charge in [-0.2, -0.15) is 0 Å². The van der Waals surface area contributed by atoms with E-state index in [1.54, 1.807) is 11.8 Å². The number of carbonyl (C=O) groups is 1. The molecule has 4 heteroatoms. The van der Waals surface area contributed by atoms with Crippen LogP contribution >= 0.6 is 11.6 Å². The van der Waals surface area contributed by atoms with E-state index >= 15 is 0 Å². The van der Waals surface area contributed by atoms with Gasteiger partial charge in [-0.3, -0.25) is 4.79 Å². The predicted octanol–water partition coefficient (Wildman–Crippen LogP) is 0.597. The molecule has 1 heterocycles. The number of rotatable bonds is 2. The lowest BCUT2D eigenvalue weighted by atomic mass is 10.1. The molecule has 12 heavy (non-hydrogen) atoms. The summed E-state index contributed by atoms with van der Waals surface area (Å²) in [7, 11) is 0. The van der Waals surface area contributed by atoms with Crippen molar-refractivity contribution in [2.24, 2.45) is 0 Å². The zero-order chi connectivity index (χ0) is 9.14. The molecule has 0 aromatic heterocycles. The van der Waals surface area contributed by atoms with Crippen LogP contribution in [-0.4, -0.2) is 40.5 Å². The monoisotopic (exact) mass is 191 g/mol. The van der Waals surface area contributed by atoms with Crippen LogP contribution in [0.1, 0.15) is 19.8 Å². The van der Waals surface area contributed by atoms with Crippen molar-refractivity contribution in [2.45, 2.75) is 31.9 Å². The maximum absolute atomic E-state index is 11.2. The van der Waals surface area contributed by atoms with E-state index in [0.29, 0.717) is 0 Å². The molecular weight excluding hydrogens is 178 g/mol. The van der Waals surface area contributed by atoms with Crippen LogP contribution in [0.25, 0.3) is 0 Å². The largest absolute Gasteiger partial charge is 0.391 e. The fraction of sp³-hybridized carbons (Fsp3) is 0.875. The second kappa shape index (κ2) is 4.10. The van der Waals surface area contributed by atoms with Crippen molar-refractivity contribution in [1.82, 2.24) is 4.90 Å². The van der Waals surface area contributed by atoms with Crippen LogP contribution in [0.4, 0.5) is 0 Å². The molecule has 3 nitrogen and oxygen atoms in total. The summed E-state index contributed by atoms with van der Waals surface area (Å²) in [4.78, 5) is 12.9. The maximum atomic E-state index is 11.2. The van der Waals surface area contributed by atoms with Crippen LogP contribution in [0.2, 0.25) is 0 Å². The van der Waals surface area contributed by atoms with Gasteiger partial charge in [0, 0.05) is 6.54 Å². The van der Waals surface area contributed by atoms with Crippen molar-refractivity contribution in [2.75, 3.05) is 12.4 Å². The summed E-state index contributed by atoms with van der Waals surface area (Å²) in [5.74, 6) is -0.0523. The number of carbonyl (C=O) groups excluding carboxylic acids is 1. The summed E-state index contributed by atoms with van der Waals surface area (Å²) in [6, 6.07) is -0.0174. The van der Waals surface area contributed by atoms with Gasteiger partial charge in [-0.1, -0.05) is 0 Å². The molecule has 1 N–H and O–H groups in total. The molecule has 0 unspecified atom stereocenters. The molecule has 0 aliphatic carbocycles. The Morgan fingerprint density at radius 3 is 3.00 bits per heavy atom. The molecule has 0 aromatic carbocycles. The number of nitrogens with zero attached hydrogens (tertiary/aromatic N) is 1. The van der Waals surface area contributed by atoms with E-state index in [1.165, 1.54) is 0 Å². The van der Waals surface area contributed by atoms with Crippen LogP contribution in [0.3, 0.4) is 0 Å². The molecule has 2 atom stereocenters. The average Bonchev–Trinajstić information content (AvgIpc) is 2.50. The van der Waals surface area contributed by atoms with Gasteiger partial charge in [0.25, 0.3) is 0 Å². The smallest absolute Gasteiger partial charge is 0.237 e. The molecule has 70 valence electrons. The highest BCUT2D eigenvalue weighted by Crippen LogP contribution is 2.20. The lowest BCUT2D eigenvalue weighted by Crippen LogP contribution is -2.42. The number of likely N-dealkylation sites (tertiary alicyclic amines) is 1. The zero-order valence-electron chi connectivity index (χ0n) is 7.16. The first-order chi connectivity index (χ1) is 5.66. The van der Waals surface area contributed by atoms with Crippen molar-refractivity contribution >= 4 is 17.5 Å². The zero-order valence-corrected chi connectivity index (χ0v) is 7.92. The minimum atomic E-state index is -0.445. The van der Waals surface area contributed by atoms with E-state index in [1.807, 2.05) is 0 Å². The molecule has 1 aliphatic heterocycles. The minimum absolute atomic E-state index is 0.0171. The van der Waals surface area contributed by atoms with Gasteiger partial charge < -0.3 is 10.0 Å². The number of aliphatic hydroxyl groups is 1. The third kappa shape index (κ3) is 1.90. The molecule has 1 fully saturated rings. The molecule has 0 bridgehead atoms. The molecule has 1 saturated heterocycles. The fourth-order valence-electron chi connectivity index (χ4n) is 1.68. The van der Waals surface area contributed by atoms with Crippen LogP contribution in [0.15, 0.2) is 0 Å². The van der Waals surface area contributed by atoms with E-state index < -0.39 is 6.10 Å². The van der Waals surface area contributed by atoms with Crippen LogP contribution in [-0.2, 0) is 4.79 Å². The Labute approximate surface area is 77.3 Å². The Hall–Kier alpha value is -0.280. The van der Waals surface area contributed by atoms with Gasteiger partial charge in [0.05, 0.1) is 12.1 Å². The summed E-state index contributed by atoms with van der Waals surface area (Å²) in [5.41, 5.74) is 0. The summed E-state index contributed by atoms with van der Waals surface area (Å²) >= 11 is 5.43. The highest BCUT2D eigenvalue weighted by Gasteiger charge is 2.30. The molecule has 0 radical (unpaired) electrons. The second-order valence-electron chi connectivity index (χ2n) is 3.17. The second-order valence-corrected chi connectivity index (χ2v) is 3.44. The van der Waals surface area contributed by atoms with E-state index in [0.717, 1.165) is 19.4 Å². The predicted molar refractivity (Wildman–Crippen MR) is 47.1 cm³/mol.